The maximum atomic E-state index is 11.6. The first-order valence-electron chi connectivity index (χ1n) is 5.24. The van der Waals surface area contributed by atoms with Gasteiger partial charge in [-0.05, 0) is 45.4 Å². The third-order valence-corrected chi connectivity index (χ3v) is 2.20. The summed E-state index contributed by atoms with van der Waals surface area (Å²) in [4.78, 5) is 22.8. The molecule has 16 heavy (non-hydrogen) atoms. The molecule has 0 atom stereocenters. The second kappa shape index (κ2) is 4.92. The molecule has 1 aromatic rings. The number of Topliss-reactive ketones (excluding diaryl/α,β-unsaturated/α-hetero) is 1. The van der Waals surface area contributed by atoms with E-state index in [1.807, 2.05) is 0 Å². The lowest BCUT2D eigenvalue weighted by molar-refractivity contribution is 0.0377. The van der Waals surface area contributed by atoms with E-state index in [0.717, 1.165) is 5.56 Å². The Balaban J connectivity index is 2.99. The van der Waals surface area contributed by atoms with E-state index < -0.39 is 0 Å². The van der Waals surface area contributed by atoms with Gasteiger partial charge < -0.3 is 4.74 Å². The number of carbonyl (C=O) groups is 2. The van der Waals surface area contributed by atoms with Gasteiger partial charge in [0.1, 0.15) is 0 Å². The Labute approximate surface area is 95.4 Å². The lowest BCUT2D eigenvalue weighted by Gasteiger charge is -2.10. The predicted octanol–water partition coefficient (Wildman–Crippen LogP) is 2.76. The average Bonchev–Trinajstić information content (AvgIpc) is 2.15. The molecule has 0 fully saturated rings. The van der Waals surface area contributed by atoms with Gasteiger partial charge in [0.25, 0.3) is 0 Å². The number of benzene rings is 1. The molecule has 1 aromatic carbocycles. The highest BCUT2D eigenvalue weighted by Crippen LogP contribution is 2.13. The smallest absolute Gasteiger partial charge is 0.338 e. The molecule has 0 saturated carbocycles. The highest BCUT2D eigenvalue weighted by Gasteiger charge is 2.13. The van der Waals surface area contributed by atoms with E-state index in [9.17, 15) is 9.59 Å². The first kappa shape index (κ1) is 12.4. The maximum Gasteiger partial charge on any atom is 0.338 e. The van der Waals surface area contributed by atoms with Crippen LogP contribution in [-0.2, 0) is 4.74 Å². The Morgan fingerprint density at radius 1 is 1.25 bits per heavy atom. The van der Waals surface area contributed by atoms with Gasteiger partial charge in [-0.3, -0.25) is 4.79 Å². The van der Waals surface area contributed by atoms with Crippen LogP contribution in [0.15, 0.2) is 18.2 Å². The minimum atomic E-state index is -0.345. The van der Waals surface area contributed by atoms with E-state index in [4.69, 9.17) is 4.74 Å². The minimum absolute atomic E-state index is 0.00752. The molecule has 3 nitrogen and oxygen atoms in total. The monoisotopic (exact) mass is 220 g/mol. The summed E-state index contributed by atoms with van der Waals surface area (Å²) < 4.78 is 5.09. The number of hydrogen-bond donors (Lipinski definition) is 0. The second-order valence-electron chi connectivity index (χ2n) is 4.04. The van der Waals surface area contributed by atoms with Crippen LogP contribution in [0.25, 0.3) is 0 Å². The number of esters is 1. The summed E-state index contributed by atoms with van der Waals surface area (Å²) in [6.07, 6.45) is -0.139. The van der Waals surface area contributed by atoms with Gasteiger partial charge in [-0.25, -0.2) is 4.79 Å². The molecule has 1 rings (SSSR count). The predicted molar refractivity (Wildman–Crippen MR) is 61.7 cm³/mol. The van der Waals surface area contributed by atoms with Crippen LogP contribution >= 0.6 is 0 Å². The third kappa shape index (κ3) is 2.92. The van der Waals surface area contributed by atoms with E-state index in [0.29, 0.717) is 11.1 Å². The molecule has 0 saturated heterocycles. The molecule has 0 aliphatic rings. The van der Waals surface area contributed by atoms with Crippen molar-refractivity contribution >= 4 is 11.8 Å². The van der Waals surface area contributed by atoms with Crippen LogP contribution in [-0.4, -0.2) is 17.9 Å². The Bertz CT molecular complexity index is 419. The van der Waals surface area contributed by atoms with Crippen molar-refractivity contribution in [3.8, 4) is 0 Å². The van der Waals surface area contributed by atoms with Crippen LogP contribution in [0.5, 0.6) is 0 Å². The van der Waals surface area contributed by atoms with Crippen molar-refractivity contribution in [2.45, 2.75) is 33.8 Å². The summed E-state index contributed by atoms with van der Waals surface area (Å²) in [7, 11) is 0. The van der Waals surface area contributed by atoms with Gasteiger partial charge in [0, 0.05) is 5.56 Å². The first-order chi connectivity index (χ1) is 7.41. The standard InChI is InChI=1S/C13H16O3/c1-8(2)16-13(15)12-6-5-11(10(4)14)7-9(12)3/h5-8H,1-4H3. The van der Waals surface area contributed by atoms with Gasteiger partial charge in [0.2, 0.25) is 0 Å². The van der Waals surface area contributed by atoms with Crippen molar-refractivity contribution in [1.29, 1.82) is 0 Å². The van der Waals surface area contributed by atoms with Crippen molar-refractivity contribution < 1.29 is 14.3 Å². The summed E-state index contributed by atoms with van der Waals surface area (Å²) in [6.45, 7) is 6.90. The van der Waals surface area contributed by atoms with Crippen LogP contribution in [0.1, 0.15) is 47.1 Å². The zero-order chi connectivity index (χ0) is 12.3. The molecule has 0 amide bonds. The molecular weight excluding hydrogens is 204 g/mol. The summed E-state index contributed by atoms with van der Waals surface area (Å²) >= 11 is 0. The quantitative estimate of drug-likeness (QED) is 0.581. The van der Waals surface area contributed by atoms with Crippen molar-refractivity contribution in [3.63, 3.8) is 0 Å². The normalized spacial score (nSPS) is 10.3. The van der Waals surface area contributed by atoms with Crippen molar-refractivity contribution in [2.24, 2.45) is 0 Å². The summed E-state index contributed by atoms with van der Waals surface area (Å²) in [6, 6.07) is 4.99. The molecule has 0 aliphatic carbocycles. The molecule has 0 N–H and O–H groups in total. The van der Waals surface area contributed by atoms with Gasteiger partial charge >= 0.3 is 5.97 Å². The lowest BCUT2D eigenvalue weighted by atomic mass is 10.0. The molecule has 86 valence electrons. The summed E-state index contributed by atoms with van der Waals surface area (Å²) in [5, 5.41) is 0. The molecule has 0 aromatic heterocycles. The van der Waals surface area contributed by atoms with E-state index in [1.165, 1.54) is 6.92 Å². The second-order valence-corrected chi connectivity index (χ2v) is 4.04. The number of ether oxygens (including phenoxy) is 1. The Kier molecular flexibility index (Phi) is 3.82. The molecule has 0 aliphatic heterocycles. The molecule has 0 radical (unpaired) electrons. The molecular formula is C13H16O3. The fraction of sp³-hybridized carbons (Fsp3) is 0.385. The zero-order valence-electron chi connectivity index (χ0n) is 10.0. The topological polar surface area (TPSA) is 43.4 Å². The van der Waals surface area contributed by atoms with Crippen LogP contribution < -0.4 is 0 Å². The molecule has 3 heteroatoms. The van der Waals surface area contributed by atoms with E-state index in [2.05, 4.69) is 0 Å². The number of rotatable bonds is 3. The maximum absolute atomic E-state index is 11.6. The van der Waals surface area contributed by atoms with Crippen LogP contribution in [0.2, 0.25) is 0 Å². The van der Waals surface area contributed by atoms with Gasteiger partial charge in [-0.1, -0.05) is 6.07 Å². The Morgan fingerprint density at radius 3 is 2.31 bits per heavy atom. The Hall–Kier alpha value is -1.64. The first-order valence-corrected chi connectivity index (χ1v) is 5.24. The van der Waals surface area contributed by atoms with Gasteiger partial charge in [-0.15, -0.1) is 0 Å². The van der Waals surface area contributed by atoms with Crippen LogP contribution in [0, 0.1) is 6.92 Å². The van der Waals surface area contributed by atoms with Crippen molar-refractivity contribution in [1.82, 2.24) is 0 Å². The SMILES string of the molecule is CC(=O)c1ccc(C(=O)OC(C)C)c(C)c1. The van der Waals surface area contributed by atoms with E-state index >= 15 is 0 Å². The highest BCUT2D eigenvalue weighted by molar-refractivity contribution is 5.97. The van der Waals surface area contributed by atoms with Crippen molar-refractivity contribution in [2.75, 3.05) is 0 Å². The fourth-order valence-electron chi connectivity index (χ4n) is 1.39. The Morgan fingerprint density at radius 2 is 1.88 bits per heavy atom. The molecule has 0 spiro atoms. The summed E-state index contributed by atoms with van der Waals surface area (Å²) in [5.41, 5.74) is 1.88. The third-order valence-electron chi connectivity index (χ3n) is 2.20. The van der Waals surface area contributed by atoms with Crippen LogP contribution in [0.4, 0.5) is 0 Å². The molecule has 0 unspecified atom stereocenters. The minimum Gasteiger partial charge on any atom is -0.459 e. The summed E-state index contributed by atoms with van der Waals surface area (Å²) in [5.74, 6) is -0.352. The largest absolute Gasteiger partial charge is 0.459 e. The average molecular weight is 220 g/mol. The number of hydrogen-bond acceptors (Lipinski definition) is 3. The van der Waals surface area contributed by atoms with Gasteiger partial charge in [0.05, 0.1) is 11.7 Å². The molecule has 0 heterocycles. The number of aryl methyl sites for hydroxylation is 1. The fourth-order valence-corrected chi connectivity index (χ4v) is 1.39. The van der Waals surface area contributed by atoms with Crippen LogP contribution in [0.3, 0.4) is 0 Å². The van der Waals surface area contributed by atoms with Crippen molar-refractivity contribution in [3.05, 3.63) is 34.9 Å². The van der Waals surface area contributed by atoms with Gasteiger partial charge in [-0.2, -0.15) is 0 Å². The number of ketones is 1. The van der Waals surface area contributed by atoms with E-state index in [1.54, 1.807) is 39.0 Å². The zero-order valence-corrected chi connectivity index (χ0v) is 10.0. The number of carbonyl (C=O) groups excluding carboxylic acids is 2. The lowest BCUT2D eigenvalue weighted by Crippen LogP contribution is -2.13. The molecule has 0 bridgehead atoms. The van der Waals surface area contributed by atoms with Gasteiger partial charge in [0.15, 0.2) is 5.78 Å². The van der Waals surface area contributed by atoms with E-state index in [-0.39, 0.29) is 17.9 Å². The highest BCUT2D eigenvalue weighted by atomic mass is 16.5.